The monoisotopic (exact) mass is 353 g/mol. The Morgan fingerprint density at radius 2 is 2.10 bits per heavy atom. The van der Waals surface area contributed by atoms with E-state index in [4.69, 9.17) is 11.6 Å². The average Bonchev–Trinajstić information content (AvgIpc) is 2.41. The minimum absolute atomic E-state index is 0.664. The Morgan fingerprint density at radius 3 is 2.80 bits per heavy atom. The highest BCUT2D eigenvalue weighted by atomic mass is 79.9. The molecule has 2 aromatic rings. The lowest BCUT2D eigenvalue weighted by atomic mass is 10.2. The lowest BCUT2D eigenvalue weighted by Crippen LogP contribution is -2.19. The fraction of sp³-hybridized carbons (Fsp3) is 0.267. The van der Waals surface area contributed by atoms with Gasteiger partial charge < -0.3 is 10.2 Å². The van der Waals surface area contributed by atoms with Gasteiger partial charge in [-0.2, -0.15) is 0 Å². The van der Waals surface area contributed by atoms with Crippen molar-refractivity contribution in [3.63, 3.8) is 0 Å². The highest BCUT2D eigenvalue weighted by Crippen LogP contribution is 2.20. The smallest absolute Gasteiger partial charge is 0.129 e. The Balaban J connectivity index is 2.16. The predicted molar refractivity (Wildman–Crippen MR) is 88.3 cm³/mol. The van der Waals surface area contributed by atoms with Gasteiger partial charge in [-0.1, -0.05) is 39.7 Å². The van der Waals surface area contributed by atoms with Crippen LogP contribution in [0.1, 0.15) is 11.3 Å². The van der Waals surface area contributed by atoms with Gasteiger partial charge in [0.2, 0.25) is 0 Å². The van der Waals surface area contributed by atoms with Crippen LogP contribution in [-0.4, -0.2) is 19.1 Å². The van der Waals surface area contributed by atoms with Crippen LogP contribution in [0.25, 0.3) is 0 Å². The molecular weight excluding hydrogens is 338 g/mol. The molecule has 1 heterocycles. The average molecular weight is 355 g/mol. The molecule has 20 heavy (non-hydrogen) atoms. The molecule has 106 valence electrons. The molecule has 1 N–H and O–H groups in total. The summed E-state index contributed by atoms with van der Waals surface area (Å²) in [5.41, 5.74) is 2.10. The molecule has 0 bridgehead atoms. The molecule has 0 amide bonds. The molecule has 0 spiro atoms. The Labute approximate surface area is 133 Å². The van der Waals surface area contributed by atoms with Crippen molar-refractivity contribution in [1.29, 1.82) is 0 Å². The molecule has 0 unspecified atom stereocenters. The van der Waals surface area contributed by atoms with Crippen LogP contribution in [0.3, 0.4) is 0 Å². The van der Waals surface area contributed by atoms with Gasteiger partial charge in [-0.05, 0) is 36.9 Å². The Kier molecular flexibility index (Phi) is 5.40. The van der Waals surface area contributed by atoms with E-state index in [1.54, 1.807) is 0 Å². The molecule has 1 aromatic heterocycles. The third-order valence-corrected chi connectivity index (χ3v) is 3.79. The van der Waals surface area contributed by atoms with Crippen molar-refractivity contribution >= 4 is 33.3 Å². The number of nitrogens with one attached hydrogen (secondary N) is 1. The number of halogens is 2. The van der Waals surface area contributed by atoms with Crippen LogP contribution in [0.5, 0.6) is 0 Å². The predicted octanol–water partition coefficient (Wildman–Crippen LogP) is 3.85. The van der Waals surface area contributed by atoms with Gasteiger partial charge in [0.25, 0.3) is 0 Å². The fourth-order valence-corrected chi connectivity index (χ4v) is 2.59. The zero-order chi connectivity index (χ0) is 14.5. The molecule has 5 heteroatoms. The second kappa shape index (κ2) is 7.07. The molecule has 1 aromatic carbocycles. The minimum atomic E-state index is 0.664. The molecule has 2 rings (SSSR count). The summed E-state index contributed by atoms with van der Waals surface area (Å²) in [6.45, 7) is 1.46. The summed E-state index contributed by atoms with van der Waals surface area (Å²) >= 11 is 9.62. The Hall–Kier alpha value is -1.10. The van der Waals surface area contributed by atoms with E-state index < -0.39 is 0 Å². The highest BCUT2D eigenvalue weighted by Gasteiger charge is 2.08. The quantitative estimate of drug-likeness (QED) is 0.884. The first-order valence-corrected chi connectivity index (χ1v) is 7.53. The summed E-state index contributed by atoms with van der Waals surface area (Å²) in [4.78, 5) is 6.71. The van der Waals surface area contributed by atoms with Crippen LogP contribution in [0.2, 0.25) is 5.02 Å². The molecule has 0 saturated heterocycles. The first-order valence-electron chi connectivity index (χ1n) is 6.35. The summed E-state index contributed by atoms with van der Waals surface area (Å²) in [5.74, 6) is 0.916. The number of rotatable bonds is 5. The van der Waals surface area contributed by atoms with Crippen LogP contribution in [-0.2, 0) is 13.1 Å². The molecule has 0 saturated carbocycles. The number of aromatic nitrogens is 1. The zero-order valence-electron chi connectivity index (χ0n) is 11.5. The second-order valence-corrected chi connectivity index (χ2v) is 5.94. The normalized spacial score (nSPS) is 10.6. The molecule has 0 fully saturated rings. The first-order chi connectivity index (χ1) is 9.60. The summed E-state index contributed by atoms with van der Waals surface area (Å²) in [7, 11) is 3.91. The van der Waals surface area contributed by atoms with Crippen LogP contribution in [0, 0.1) is 0 Å². The van der Waals surface area contributed by atoms with Crippen molar-refractivity contribution in [3.8, 4) is 0 Å². The SMILES string of the molecule is CNCc1nc(N(C)Cc2cccc(Br)c2)ccc1Cl. The maximum atomic E-state index is 6.13. The maximum absolute atomic E-state index is 6.13. The molecule has 0 aliphatic rings. The lowest BCUT2D eigenvalue weighted by Gasteiger charge is -2.19. The van der Waals surface area contributed by atoms with Crippen molar-refractivity contribution in [3.05, 3.63) is 57.2 Å². The fourth-order valence-electron chi connectivity index (χ4n) is 1.97. The number of hydrogen-bond donors (Lipinski definition) is 1. The van der Waals surface area contributed by atoms with Crippen molar-refractivity contribution in [1.82, 2.24) is 10.3 Å². The molecule has 0 radical (unpaired) electrons. The second-order valence-electron chi connectivity index (χ2n) is 4.61. The van der Waals surface area contributed by atoms with E-state index in [0.29, 0.717) is 11.6 Å². The number of pyridine rings is 1. The summed E-state index contributed by atoms with van der Waals surface area (Å²) in [6.07, 6.45) is 0. The largest absolute Gasteiger partial charge is 0.355 e. The van der Waals surface area contributed by atoms with E-state index in [2.05, 4.69) is 43.3 Å². The van der Waals surface area contributed by atoms with Crippen LogP contribution in [0.4, 0.5) is 5.82 Å². The van der Waals surface area contributed by atoms with Gasteiger partial charge in [-0.15, -0.1) is 0 Å². The standard InChI is InChI=1S/C15H17BrClN3/c1-18-9-14-13(17)6-7-15(19-14)20(2)10-11-4-3-5-12(16)8-11/h3-8,18H,9-10H2,1-2H3. The van der Waals surface area contributed by atoms with E-state index in [0.717, 1.165) is 22.5 Å². The van der Waals surface area contributed by atoms with Gasteiger partial charge in [0, 0.05) is 24.6 Å². The van der Waals surface area contributed by atoms with E-state index in [1.807, 2.05) is 38.4 Å². The van der Waals surface area contributed by atoms with E-state index in [-0.39, 0.29) is 0 Å². The molecule has 0 aliphatic carbocycles. The third kappa shape index (κ3) is 3.95. The van der Waals surface area contributed by atoms with Gasteiger partial charge in [0.15, 0.2) is 0 Å². The van der Waals surface area contributed by atoms with Gasteiger partial charge in [-0.3, -0.25) is 0 Å². The maximum Gasteiger partial charge on any atom is 0.129 e. The van der Waals surface area contributed by atoms with Gasteiger partial charge in [-0.25, -0.2) is 4.98 Å². The third-order valence-electron chi connectivity index (χ3n) is 2.95. The Morgan fingerprint density at radius 1 is 1.30 bits per heavy atom. The lowest BCUT2D eigenvalue weighted by molar-refractivity contribution is 0.783. The zero-order valence-corrected chi connectivity index (χ0v) is 13.9. The van der Waals surface area contributed by atoms with Crippen molar-refractivity contribution in [2.45, 2.75) is 13.1 Å². The summed E-state index contributed by atoms with van der Waals surface area (Å²) in [6, 6.07) is 12.1. The van der Waals surface area contributed by atoms with Gasteiger partial charge >= 0.3 is 0 Å². The topological polar surface area (TPSA) is 28.2 Å². The van der Waals surface area contributed by atoms with Crippen LogP contribution >= 0.6 is 27.5 Å². The highest BCUT2D eigenvalue weighted by molar-refractivity contribution is 9.10. The number of benzene rings is 1. The first kappa shape index (κ1) is 15.3. The van der Waals surface area contributed by atoms with Gasteiger partial charge in [0.05, 0.1) is 10.7 Å². The van der Waals surface area contributed by atoms with Gasteiger partial charge in [0.1, 0.15) is 5.82 Å². The van der Waals surface area contributed by atoms with Crippen molar-refractivity contribution < 1.29 is 0 Å². The summed E-state index contributed by atoms with van der Waals surface area (Å²) < 4.78 is 1.09. The van der Waals surface area contributed by atoms with E-state index in [1.165, 1.54) is 5.56 Å². The van der Waals surface area contributed by atoms with E-state index >= 15 is 0 Å². The summed E-state index contributed by atoms with van der Waals surface area (Å²) in [5, 5.41) is 3.77. The minimum Gasteiger partial charge on any atom is -0.355 e. The molecule has 3 nitrogen and oxygen atoms in total. The molecule has 0 aliphatic heterocycles. The van der Waals surface area contributed by atoms with E-state index in [9.17, 15) is 0 Å². The molecule has 0 atom stereocenters. The Bertz CT molecular complexity index is 589. The van der Waals surface area contributed by atoms with Crippen molar-refractivity contribution in [2.24, 2.45) is 0 Å². The van der Waals surface area contributed by atoms with Crippen molar-refractivity contribution in [2.75, 3.05) is 19.0 Å². The number of hydrogen-bond acceptors (Lipinski definition) is 3. The molecular formula is C15H17BrClN3. The number of nitrogens with zero attached hydrogens (tertiary/aromatic N) is 2. The van der Waals surface area contributed by atoms with Crippen LogP contribution < -0.4 is 10.2 Å². The van der Waals surface area contributed by atoms with Crippen LogP contribution in [0.15, 0.2) is 40.9 Å². The number of anilines is 1.